The van der Waals surface area contributed by atoms with Gasteiger partial charge in [-0.1, -0.05) is 0 Å². The van der Waals surface area contributed by atoms with Gasteiger partial charge in [-0.2, -0.15) is 0 Å². The molecule has 0 aromatic rings. The summed E-state index contributed by atoms with van der Waals surface area (Å²) >= 11 is 0. The number of carbonyl (C=O) groups excluding carboxylic acids is 1. The summed E-state index contributed by atoms with van der Waals surface area (Å²) in [5.74, 6) is -1.94. The average molecular weight is 144 g/mol. The van der Waals surface area contributed by atoms with Crippen LogP contribution in [0.2, 0.25) is 0 Å². The SMILES string of the molecule is O=C1C=COC(O)(CO)C1. The summed E-state index contributed by atoms with van der Waals surface area (Å²) in [7, 11) is 0. The largest absolute Gasteiger partial charge is 0.467 e. The Morgan fingerprint density at radius 2 is 2.50 bits per heavy atom. The first-order valence-electron chi connectivity index (χ1n) is 2.87. The van der Waals surface area contributed by atoms with Crippen molar-refractivity contribution in [1.82, 2.24) is 0 Å². The summed E-state index contributed by atoms with van der Waals surface area (Å²) < 4.78 is 4.59. The quantitative estimate of drug-likeness (QED) is 0.504. The van der Waals surface area contributed by atoms with Gasteiger partial charge in [0.15, 0.2) is 5.78 Å². The van der Waals surface area contributed by atoms with E-state index in [4.69, 9.17) is 10.2 Å². The Kier molecular flexibility index (Phi) is 1.74. The molecule has 4 heteroatoms. The molecule has 1 heterocycles. The lowest BCUT2D eigenvalue weighted by Crippen LogP contribution is -2.39. The minimum Gasteiger partial charge on any atom is -0.467 e. The van der Waals surface area contributed by atoms with Crippen LogP contribution >= 0.6 is 0 Å². The molecule has 0 saturated carbocycles. The van der Waals surface area contributed by atoms with E-state index < -0.39 is 12.4 Å². The number of hydrogen-bond donors (Lipinski definition) is 2. The van der Waals surface area contributed by atoms with Crippen LogP contribution in [-0.2, 0) is 9.53 Å². The van der Waals surface area contributed by atoms with Crippen molar-refractivity contribution < 1.29 is 19.7 Å². The molecule has 0 aliphatic carbocycles. The molecule has 56 valence electrons. The van der Waals surface area contributed by atoms with Crippen molar-refractivity contribution in [2.45, 2.75) is 12.2 Å². The Labute approximate surface area is 57.7 Å². The molecule has 4 nitrogen and oxygen atoms in total. The van der Waals surface area contributed by atoms with Gasteiger partial charge in [-0.05, 0) is 0 Å². The lowest BCUT2D eigenvalue weighted by Gasteiger charge is -2.25. The molecule has 0 aromatic heterocycles. The highest BCUT2D eigenvalue weighted by Crippen LogP contribution is 2.16. The molecular weight excluding hydrogens is 136 g/mol. The number of allylic oxidation sites excluding steroid dienone is 1. The molecule has 0 saturated heterocycles. The summed E-state index contributed by atoms with van der Waals surface area (Å²) in [4.78, 5) is 10.6. The third-order valence-electron chi connectivity index (χ3n) is 1.24. The maximum absolute atomic E-state index is 10.6. The lowest BCUT2D eigenvalue weighted by molar-refractivity contribution is -0.199. The molecule has 0 aromatic carbocycles. The molecule has 1 rings (SSSR count). The van der Waals surface area contributed by atoms with E-state index in [1.807, 2.05) is 0 Å². The van der Waals surface area contributed by atoms with Crippen LogP contribution in [0.15, 0.2) is 12.3 Å². The van der Waals surface area contributed by atoms with E-state index in [-0.39, 0.29) is 12.2 Å². The Hall–Kier alpha value is -0.870. The average Bonchev–Trinajstić information content (AvgIpc) is 1.88. The number of ketones is 1. The molecule has 0 amide bonds. The van der Waals surface area contributed by atoms with Crippen molar-refractivity contribution in [1.29, 1.82) is 0 Å². The minimum atomic E-state index is -1.69. The predicted octanol–water partition coefficient (Wildman–Crippen LogP) is -0.830. The number of aliphatic hydroxyl groups is 2. The summed E-state index contributed by atoms with van der Waals surface area (Å²) in [5, 5.41) is 17.6. The van der Waals surface area contributed by atoms with Crippen molar-refractivity contribution in [2.75, 3.05) is 6.61 Å². The van der Waals surface area contributed by atoms with Crippen molar-refractivity contribution >= 4 is 5.78 Å². The van der Waals surface area contributed by atoms with Gasteiger partial charge in [0.25, 0.3) is 0 Å². The van der Waals surface area contributed by atoms with Crippen molar-refractivity contribution in [3.05, 3.63) is 12.3 Å². The van der Waals surface area contributed by atoms with Crippen LogP contribution in [-0.4, -0.2) is 28.4 Å². The zero-order valence-corrected chi connectivity index (χ0v) is 5.28. The van der Waals surface area contributed by atoms with E-state index in [1.165, 1.54) is 6.08 Å². The van der Waals surface area contributed by atoms with Gasteiger partial charge in [0.2, 0.25) is 5.79 Å². The van der Waals surface area contributed by atoms with Crippen LogP contribution < -0.4 is 0 Å². The first-order chi connectivity index (χ1) is 4.66. The summed E-state index contributed by atoms with van der Waals surface area (Å²) in [6, 6.07) is 0. The van der Waals surface area contributed by atoms with Gasteiger partial charge in [-0.25, -0.2) is 0 Å². The molecule has 0 fully saturated rings. The third kappa shape index (κ3) is 1.34. The number of aliphatic hydroxyl groups excluding tert-OH is 1. The van der Waals surface area contributed by atoms with Gasteiger partial charge in [0, 0.05) is 6.08 Å². The maximum atomic E-state index is 10.6. The van der Waals surface area contributed by atoms with Crippen molar-refractivity contribution in [2.24, 2.45) is 0 Å². The number of hydrogen-bond acceptors (Lipinski definition) is 4. The van der Waals surface area contributed by atoms with Crippen LogP contribution in [0, 0.1) is 0 Å². The molecule has 0 bridgehead atoms. The van der Waals surface area contributed by atoms with Crippen LogP contribution in [0.25, 0.3) is 0 Å². The first kappa shape index (κ1) is 7.24. The van der Waals surface area contributed by atoms with Crippen LogP contribution in [0.5, 0.6) is 0 Å². The predicted molar refractivity (Wildman–Crippen MR) is 31.9 cm³/mol. The molecule has 1 aliphatic heterocycles. The van der Waals surface area contributed by atoms with E-state index in [2.05, 4.69) is 4.74 Å². The maximum Gasteiger partial charge on any atom is 0.237 e. The standard InChI is InChI=1S/C6H8O4/c7-4-6(9)3-5(8)1-2-10-6/h1-2,7,9H,3-4H2. The zero-order valence-electron chi connectivity index (χ0n) is 5.28. The Morgan fingerprint density at radius 3 is 2.90 bits per heavy atom. The van der Waals surface area contributed by atoms with Crippen LogP contribution in [0.1, 0.15) is 6.42 Å². The highest BCUT2D eigenvalue weighted by Gasteiger charge is 2.31. The smallest absolute Gasteiger partial charge is 0.237 e. The monoisotopic (exact) mass is 144 g/mol. The van der Waals surface area contributed by atoms with Gasteiger partial charge >= 0.3 is 0 Å². The molecule has 1 aliphatic rings. The second-order valence-corrected chi connectivity index (χ2v) is 2.17. The van der Waals surface area contributed by atoms with E-state index in [0.717, 1.165) is 6.26 Å². The Morgan fingerprint density at radius 1 is 1.80 bits per heavy atom. The van der Waals surface area contributed by atoms with Gasteiger partial charge in [-0.3, -0.25) is 4.79 Å². The molecule has 10 heavy (non-hydrogen) atoms. The number of rotatable bonds is 1. The van der Waals surface area contributed by atoms with E-state index in [0.29, 0.717) is 0 Å². The molecule has 1 atom stereocenters. The van der Waals surface area contributed by atoms with Gasteiger partial charge in [-0.15, -0.1) is 0 Å². The Bertz CT molecular complexity index is 175. The van der Waals surface area contributed by atoms with Gasteiger partial charge in [0.05, 0.1) is 12.7 Å². The lowest BCUT2D eigenvalue weighted by atomic mass is 10.1. The summed E-state index contributed by atoms with van der Waals surface area (Å²) in [6.45, 7) is -0.566. The second kappa shape index (κ2) is 2.40. The molecule has 0 radical (unpaired) electrons. The molecule has 0 spiro atoms. The van der Waals surface area contributed by atoms with Crippen LogP contribution in [0.3, 0.4) is 0 Å². The van der Waals surface area contributed by atoms with Crippen molar-refractivity contribution in [3.8, 4) is 0 Å². The molecular formula is C6H8O4. The van der Waals surface area contributed by atoms with E-state index in [9.17, 15) is 4.79 Å². The Balaban J connectivity index is 2.67. The zero-order chi connectivity index (χ0) is 7.61. The molecule has 2 N–H and O–H groups in total. The topological polar surface area (TPSA) is 66.8 Å². The van der Waals surface area contributed by atoms with Crippen molar-refractivity contribution in [3.63, 3.8) is 0 Å². The van der Waals surface area contributed by atoms with E-state index >= 15 is 0 Å². The molecule has 1 unspecified atom stereocenters. The first-order valence-corrected chi connectivity index (χ1v) is 2.87. The normalized spacial score (nSPS) is 32.0. The fourth-order valence-corrected chi connectivity index (χ4v) is 0.703. The minimum absolute atomic E-state index is 0.181. The highest BCUT2D eigenvalue weighted by atomic mass is 16.6. The van der Waals surface area contributed by atoms with Gasteiger partial charge in [0.1, 0.15) is 6.61 Å². The second-order valence-electron chi connectivity index (χ2n) is 2.17. The summed E-state index contributed by atoms with van der Waals surface area (Å²) in [6.07, 6.45) is 2.12. The third-order valence-corrected chi connectivity index (χ3v) is 1.24. The fraction of sp³-hybridized carbons (Fsp3) is 0.500. The van der Waals surface area contributed by atoms with E-state index in [1.54, 1.807) is 0 Å². The van der Waals surface area contributed by atoms with Crippen LogP contribution in [0.4, 0.5) is 0 Å². The number of carbonyl (C=O) groups is 1. The number of ether oxygens (including phenoxy) is 1. The summed E-state index contributed by atoms with van der Waals surface area (Å²) in [5.41, 5.74) is 0. The fourth-order valence-electron chi connectivity index (χ4n) is 0.703. The highest BCUT2D eigenvalue weighted by molar-refractivity contribution is 5.90. The van der Waals surface area contributed by atoms with Gasteiger partial charge < -0.3 is 14.9 Å².